The molecule has 5 nitrogen and oxygen atoms in total. The highest BCUT2D eigenvalue weighted by molar-refractivity contribution is 7.19. The molecule has 0 atom stereocenters. The monoisotopic (exact) mass is 383 g/mol. The van der Waals surface area contributed by atoms with E-state index in [0.29, 0.717) is 5.82 Å². The number of H-pyrrole nitrogens is 1. The van der Waals surface area contributed by atoms with Gasteiger partial charge in [-0.1, -0.05) is 11.6 Å². The van der Waals surface area contributed by atoms with Gasteiger partial charge in [0.15, 0.2) is 11.6 Å². The molecule has 0 amide bonds. The molecule has 25 heavy (non-hydrogen) atoms. The molecule has 5 rings (SSSR count). The third-order valence-electron chi connectivity index (χ3n) is 3.80. The maximum absolute atomic E-state index is 6.06. The first kappa shape index (κ1) is 14.8. The predicted octanol–water partition coefficient (Wildman–Crippen LogP) is 5.69. The van der Waals surface area contributed by atoms with Gasteiger partial charge in [-0.3, -0.25) is 5.10 Å². The number of anilines is 2. The lowest BCUT2D eigenvalue weighted by Gasteiger charge is -2.08. The van der Waals surface area contributed by atoms with Gasteiger partial charge in [0.2, 0.25) is 0 Å². The number of aromatic amines is 1. The summed E-state index contributed by atoms with van der Waals surface area (Å²) in [6.45, 7) is 0. The molecule has 0 saturated carbocycles. The van der Waals surface area contributed by atoms with E-state index < -0.39 is 0 Å². The number of fused-ring (bicyclic) bond motifs is 2. The summed E-state index contributed by atoms with van der Waals surface area (Å²) < 4.78 is 1.75. The SMILES string of the molecule is Clc1ccc(-c2nc(Nc3ccc4[nH]ncc4c3)c3sccc3n2)s1. The summed E-state index contributed by atoms with van der Waals surface area (Å²) >= 11 is 9.15. The molecule has 0 aliphatic rings. The van der Waals surface area contributed by atoms with Crippen LogP contribution < -0.4 is 5.32 Å². The average molecular weight is 384 g/mol. The van der Waals surface area contributed by atoms with Crippen LogP contribution in [0.3, 0.4) is 0 Å². The molecule has 0 fully saturated rings. The molecular weight excluding hydrogens is 374 g/mol. The minimum atomic E-state index is 0.676. The van der Waals surface area contributed by atoms with E-state index in [1.165, 1.54) is 11.3 Å². The summed E-state index contributed by atoms with van der Waals surface area (Å²) in [6.07, 6.45) is 1.81. The van der Waals surface area contributed by atoms with Gasteiger partial charge >= 0.3 is 0 Å². The van der Waals surface area contributed by atoms with E-state index >= 15 is 0 Å². The first-order valence-corrected chi connectivity index (χ1v) is 9.55. The van der Waals surface area contributed by atoms with E-state index in [4.69, 9.17) is 16.6 Å². The third kappa shape index (κ3) is 2.66. The molecule has 0 unspecified atom stereocenters. The summed E-state index contributed by atoms with van der Waals surface area (Å²) in [5, 5.41) is 13.5. The minimum Gasteiger partial charge on any atom is -0.339 e. The van der Waals surface area contributed by atoms with Gasteiger partial charge in [0.05, 0.1) is 31.1 Å². The van der Waals surface area contributed by atoms with Gasteiger partial charge < -0.3 is 5.32 Å². The third-order valence-corrected chi connectivity index (χ3v) is 5.94. The second kappa shape index (κ2) is 5.80. The van der Waals surface area contributed by atoms with Gasteiger partial charge in [-0.2, -0.15) is 5.10 Å². The smallest absolute Gasteiger partial charge is 0.172 e. The van der Waals surface area contributed by atoms with E-state index in [2.05, 4.69) is 20.5 Å². The zero-order valence-corrected chi connectivity index (χ0v) is 15.0. The molecule has 0 aliphatic carbocycles. The lowest BCUT2D eigenvalue weighted by molar-refractivity contribution is 1.12. The lowest BCUT2D eigenvalue weighted by Crippen LogP contribution is -1.97. The molecule has 0 aliphatic heterocycles. The Morgan fingerprint density at radius 2 is 2.04 bits per heavy atom. The number of aromatic nitrogens is 4. The standard InChI is InChI=1S/C17H10ClN5S2/c18-14-4-3-13(25-14)16-21-12-5-6-24-15(12)17(22-16)20-10-1-2-11-9(7-10)8-19-23-11/h1-8H,(H,19,23)(H,20,21,22). The van der Waals surface area contributed by atoms with Crippen LogP contribution in [-0.4, -0.2) is 20.2 Å². The Bertz CT molecular complexity index is 1210. The van der Waals surface area contributed by atoms with Gasteiger partial charge in [-0.25, -0.2) is 9.97 Å². The number of nitrogens with one attached hydrogen (secondary N) is 2. The van der Waals surface area contributed by atoms with Crippen molar-refractivity contribution in [2.24, 2.45) is 0 Å². The van der Waals surface area contributed by atoms with Crippen molar-refractivity contribution in [1.82, 2.24) is 20.2 Å². The summed E-state index contributed by atoms with van der Waals surface area (Å²) in [4.78, 5) is 10.3. The van der Waals surface area contributed by atoms with E-state index in [0.717, 1.165) is 41.8 Å². The highest BCUT2D eigenvalue weighted by Crippen LogP contribution is 2.34. The maximum Gasteiger partial charge on any atom is 0.172 e. The summed E-state index contributed by atoms with van der Waals surface area (Å²) in [5.74, 6) is 1.47. The number of nitrogens with zero attached hydrogens (tertiary/aromatic N) is 3. The van der Waals surface area contributed by atoms with Crippen LogP contribution in [0.4, 0.5) is 11.5 Å². The molecule has 4 aromatic heterocycles. The van der Waals surface area contributed by atoms with Crippen LogP contribution in [0.1, 0.15) is 0 Å². The number of hydrogen-bond acceptors (Lipinski definition) is 6. The number of rotatable bonds is 3. The molecule has 4 heterocycles. The summed E-state index contributed by atoms with van der Waals surface area (Å²) in [5.41, 5.74) is 2.88. The fourth-order valence-electron chi connectivity index (χ4n) is 2.65. The van der Waals surface area contributed by atoms with E-state index in [1.807, 2.05) is 41.8 Å². The van der Waals surface area contributed by atoms with Crippen molar-refractivity contribution < 1.29 is 0 Å². The van der Waals surface area contributed by atoms with Gasteiger partial charge in [0.25, 0.3) is 0 Å². The first-order chi connectivity index (χ1) is 12.3. The zero-order chi connectivity index (χ0) is 16.8. The van der Waals surface area contributed by atoms with Crippen molar-refractivity contribution in [1.29, 1.82) is 0 Å². The van der Waals surface area contributed by atoms with Crippen LogP contribution in [0.15, 0.2) is 48.0 Å². The average Bonchev–Trinajstić information content (AvgIpc) is 3.33. The molecule has 0 bridgehead atoms. The molecule has 0 radical (unpaired) electrons. The molecule has 122 valence electrons. The topological polar surface area (TPSA) is 66.5 Å². The minimum absolute atomic E-state index is 0.676. The number of halogens is 1. The summed E-state index contributed by atoms with van der Waals surface area (Å²) in [7, 11) is 0. The van der Waals surface area contributed by atoms with E-state index in [-0.39, 0.29) is 0 Å². The van der Waals surface area contributed by atoms with E-state index in [9.17, 15) is 0 Å². The Labute approximate surface area is 155 Å². The number of thiophene rings is 2. The quantitative estimate of drug-likeness (QED) is 0.419. The van der Waals surface area contributed by atoms with Crippen molar-refractivity contribution in [2.75, 3.05) is 5.32 Å². The highest BCUT2D eigenvalue weighted by atomic mass is 35.5. The van der Waals surface area contributed by atoms with Crippen molar-refractivity contribution >= 4 is 66.9 Å². The molecule has 0 saturated heterocycles. The van der Waals surface area contributed by atoms with Crippen LogP contribution in [-0.2, 0) is 0 Å². The van der Waals surface area contributed by atoms with Gasteiger partial charge in [0.1, 0.15) is 0 Å². The van der Waals surface area contributed by atoms with Gasteiger partial charge in [0, 0.05) is 11.1 Å². The number of hydrogen-bond donors (Lipinski definition) is 2. The fourth-order valence-corrected chi connectivity index (χ4v) is 4.40. The van der Waals surface area contributed by atoms with Gasteiger partial charge in [-0.15, -0.1) is 22.7 Å². The second-order valence-corrected chi connectivity index (χ2v) is 8.06. The Hall–Kier alpha value is -2.48. The molecular formula is C17H10ClN5S2. The Morgan fingerprint density at radius 1 is 1.08 bits per heavy atom. The van der Waals surface area contributed by atoms with Crippen molar-refractivity contribution in [3.8, 4) is 10.7 Å². The van der Waals surface area contributed by atoms with Crippen molar-refractivity contribution in [2.45, 2.75) is 0 Å². The molecule has 1 aromatic carbocycles. The maximum atomic E-state index is 6.06. The first-order valence-electron chi connectivity index (χ1n) is 7.47. The fraction of sp³-hybridized carbons (Fsp3) is 0. The normalized spacial score (nSPS) is 11.4. The number of benzene rings is 1. The van der Waals surface area contributed by atoms with E-state index in [1.54, 1.807) is 17.5 Å². The van der Waals surface area contributed by atoms with Crippen LogP contribution >= 0.6 is 34.3 Å². The largest absolute Gasteiger partial charge is 0.339 e. The molecule has 8 heteroatoms. The lowest BCUT2D eigenvalue weighted by atomic mass is 10.2. The molecule has 0 spiro atoms. The molecule has 5 aromatic rings. The zero-order valence-electron chi connectivity index (χ0n) is 12.7. The van der Waals surface area contributed by atoms with Crippen LogP contribution in [0.2, 0.25) is 4.34 Å². The van der Waals surface area contributed by atoms with Crippen LogP contribution in [0.25, 0.3) is 31.8 Å². The van der Waals surface area contributed by atoms with Crippen LogP contribution in [0, 0.1) is 0 Å². The summed E-state index contributed by atoms with van der Waals surface area (Å²) in [6, 6.07) is 11.9. The molecule has 2 N–H and O–H groups in total. The second-order valence-electron chi connectivity index (χ2n) is 5.43. The Morgan fingerprint density at radius 3 is 2.92 bits per heavy atom. The Balaban J connectivity index is 1.62. The van der Waals surface area contributed by atoms with Crippen molar-refractivity contribution in [3.63, 3.8) is 0 Å². The van der Waals surface area contributed by atoms with Crippen LogP contribution in [0.5, 0.6) is 0 Å². The predicted molar refractivity (Wildman–Crippen MR) is 105 cm³/mol. The van der Waals surface area contributed by atoms with Gasteiger partial charge in [-0.05, 0) is 41.8 Å². The Kier molecular flexibility index (Phi) is 3.44. The van der Waals surface area contributed by atoms with Crippen molar-refractivity contribution in [3.05, 3.63) is 52.3 Å². The highest BCUT2D eigenvalue weighted by Gasteiger charge is 2.13.